The predicted octanol–water partition coefficient (Wildman–Crippen LogP) is 6.51. The third-order valence-corrected chi connectivity index (χ3v) is 7.67. The molecule has 7 nitrogen and oxygen atoms in total. The van der Waals surface area contributed by atoms with Crippen molar-refractivity contribution < 1.29 is 9.18 Å². The molecule has 1 saturated heterocycles. The van der Waals surface area contributed by atoms with Gasteiger partial charge in [-0.3, -0.25) is 4.79 Å². The van der Waals surface area contributed by atoms with Crippen LogP contribution in [0.2, 0.25) is 0 Å². The summed E-state index contributed by atoms with van der Waals surface area (Å²) < 4.78 is 14.0. The molecule has 2 N–H and O–H groups in total. The lowest BCUT2D eigenvalue weighted by molar-refractivity contribution is -0.116. The molecule has 196 valence electrons. The molecule has 0 radical (unpaired) electrons. The number of amides is 1. The highest BCUT2D eigenvalue weighted by Crippen LogP contribution is 2.39. The van der Waals surface area contributed by atoms with Gasteiger partial charge < -0.3 is 15.2 Å². The first-order chi connectivity index (χ1) is 18.4. The number of imidazole rings is 1. The highest BCUT2D eigenvalue weighted by molar-refractivity contribution is 5.93. The summed E-state index contributed by atoms with van der Waals surface area (Å²) >= 11 is 0. The van der Waals surface area contributed by atoms with E-state index in [9.17, 15) is 9.18 Å². The van der Waals surface area contributed by atoms with Gasteiger partial charge >= 0.3 is 0 Å². The fourth-order valence-electron chi connectivity index (χ4n) is 5.33. The van der Waals surface area contributed by atoms with Crippen LogP contribution in [0.3, 0.4) is 0 Å². The monoisotopic (exact) mass is 512 g/mol. The van der Waals surface area contributed by atoms with E-state index in [-0.39, 0.29) is 11.7 Å². The van der Waals surface area contributed by atoms with E-state index in [4.69, 9.17) is 6.42 Å². The first kappa shape index (κ1) is 25.7. The molecule has 2 aliphatic rings. The average Bonchev–Trinajstić information content (AvgIpc) is 3.58. The number of carbonyl (C=O) groups is 1. The molecule has 2 aliphatic heterocycles. The minimum Gasteiger partial charge on any atom is -0.371 e. The summed E-state index contributed by atoms with van der Waals surface area (Å²) in [5.74, 6) is 2.76. The molecule has 0 bridgehead atoms. The maximum atomic E-state index is 14.0. The molecule has 1 fully saturated rings. The minimum absolute atomic E-state index is 0.0767. The average molecular weight is 513 g/mol. The van der Waals surface area contributed by atoms with Crippen LogP contribution >= 0.6 is 0 Å². The molecule has 1 amide bonds. The number of aryl methyl sites for hydroxylation is 2. The van der Waals surface area contributed by atoms with E-state index in [1.54, 1.807) is 13.3 Å². The van der Waals surface area contributed by atoms with Gasteiger partial charge in [-0.05, 0) is 62.1 Å². The Morgan fingerprint density at radius 2 is 1.97 bits per heavy atom. The van der Waals surface area contributed by atoms with Gasteiger partial charge in [0, 0.05) is 67.3 Å². The quantitative estimate of drug-likeness (QED) is 0.321. The van der Waals surface area contributed by atoms with E-state index in [1.165, 1.54) is 11.8 Å². The number of rotatable bonds is 9. The van der Waals surface area contributed by atoms with Crippen molar-refractivity contribution in [2.75, 3.05) is 23.3 Å². The Hall–Kier alpha value is -3.99. The van der Waals surface area contributed by atoms with E-state index in [0.29, 0.717) is 37.2 Å². The van der Waals surface area contributed by atoms with E-state index < -0.39 is 5.66 Å². The summed E-state index contributed by atoms with van der Waals surface area (Å²) in [5, 5.41) is 11.3. The van der Waals surface area contributed by atoms with Crippen LogP contribution in [0, 0.1) is 32.0 Å². The number of anilines is 2. The Kier molecular flexibility index (Phi) is 7.28. The number of piperidine rings is 1. The zero-order chi connectivity index (χ0) is 26.7. The Morgan fingerprint density at radius 3 is 2.63 bits per heavy atom. The number of terminal acetylenes is 1. The van der Waals surface area contributed by atoms with Crippen LogP contribution in [0.15, 0.2) is 53.0 Å². The number of hydrogen-bond donors (Lipinski definition) is 2. The van der Waals surface area contributed by atoms with Crippen LogP contribution in [0.5, 0.6) is 0 Å². The van der Waals surface area contributed by atoms with E-state index in [1.807, 2.05) is 37.3 Å². The van der Waals surface area contributed by atoms with Gasteiger partial charge in [0.1, 0.15) is 5.82 Å². The first-order valence-corrected chi connectivity index (χ1v) is 13.2. The van der Waals surface area contributed by atoms with Crippen molar-refractivity contribution in [3.05, 3.63) is 65.5 Å². The summed E-state index contributed by atoms with van der Waals surface area (Å²) in [4.78, 5) is 22.8. The van der Waals surface area contributed by atoms with Gasteiger partial charge in [-0.15, -0.1) is 12.3 Å². The molecule has 3 heterocycles. The molecular weight excluding hydrogens is 479 g/mol. The Bertz CT molecular complexity index is 1390. The number of carbonyl (C=O) groups excluding carboxylic acids is 1. The molecule has 2 aromatic carbocycles. The first-order valence-electron chi connectivity index (χ1n) is 13.2. The van der Waals surface area contributed by atoms with Gasteiger partial charge in [0.15, 0.2) is 5.66 Å². The Morgan fingerprint density at radius 1 is 1.18 bits per heavy atom. The standard InChI is InChI=1S/C30H33FN6O/c1-4-5-13-30(35-36-30)14-10-28(38)34-24-7-8-25(23-6-9-26(31)20(2)17-23)27(18-24)37-15-11-22(12-16-37)29-21(3)32-19-33-29/h1,6-9,17-19,22H,5,10-16H2,2-3H3,(H,32,33)(H,34,38). The van der Waals surface area contributed by atoms with Crippen LogP contribution in [-0.2, 0) is 4.79 Å². The lowest BCUT2D eigenvalue weighted by Crippen LogP contribution is -2.33. The van der Waals surface area contributed by atoms with Crippen molar-refractivity contribution in [3.8, 4) is 23.5 Å². The third kappa shape index (κ3) is 5.62. The summed E-state index contributed by atoms with van der Waals surface area (Å²) in [6.45, 7) is 5.56. The van der Waals surface area contributed by atoms with E-state index in [2.05, 4.69) is 36.3 Å². The van der Waals surface area contributed by atoms with Crippen LogP contribution in [0.4, 0.5) is 15.8 Å². The van der Waals surface area contributed by atoms with Gasteiger partial charge in [-0.1, -0.05) is 12.1 Å². The SMILES string of the molecule is C#CCCC1(CCC(=O)Nc2ccc(-c3ccc(F)c(C)c3)c(N3CCC(c4[nH]cnc4C)CC3)c2)N=N1. The Balaban J connectivity index is 1.34. The fourth-order valence-corrected chi connectivity index (χ4v) is 5.33. The number of aromatic nitrogens is 2. The van der Waals surface area contributed by atoms with E-state index >= 15 is 0 Å². The normalized spacial score (nSPS) is 16.3. The number of aromatic amines is 1. The smallest absolute Gasteiger partial charge is 0.224 e. The summed E-state index contributed by atoms with van der Waals surface area (Å²) in [7, 11) is 0. The van der Waals surface area contributed by atoms with Crippen LogP contribution in [0.25, 0.3) is 11.1 Å². The zero-order valence-corrected chi connectivity index (χ0v) is 21.9. The van der Waals surface area contributed by atoms with Crippen molar-refractivity contribution in [1.29, 1.82) is 0 Å². The highest BCUT2D eigenvalue weighted by atomic mass is 19.1. The van der Waals surface area contributed by atoms with Gasteiger partial charge in [0.2, 0.25) is 5.91 Å². The van der Waals surface area contributed by atoms with Crippen molar-refractivity contribution in [2.45, 2.75) is 64.0 Å². The second-order valence-corrected chi connectivity index (χ2v) is 10.3. The zero-order valence-electron chi connectivity index (χ0n) is 21.9. The van der Waals surface area contributed by atoms with Crippen LogP contribution < -0.4 is 10.2 Å². The summed E-state index contributed by atoms with van der Waals surface area (Å²) in [5.41, 5.74) is 6.15. The van der Waals surface area contributed by atoms with Crippen molar-refractivity contribution >= 4 is 17.3 Å². The largest absolute Gasteiger partial charge is 0.371 e. The van der Waals surface area contributed by atoms with Crippen molar-refractivity contribution in [3.63, 3.8) is 0 Å². The third-order valence-electron chi connectivity index (χ3n) is 7.67. The molecule has 0 unspecified atom stereocenters. The molecule has 38 heavy (non-hydrogen) atoms. The van der Waals surface area contributed by atoms with Crippen LogP contribution in [0.1, 0.15) is 61.4 Å². The highest BCUT2D eigenvalue weighted by Gasteiger charge is 2.39. The number of halogens is 1. The molecule has 0 saturated carbocycles. The van der Waals surface area contributed by atoms with Crippen molar-refractivity contribution in [1.82, 2.24) is 9.97 Å². The maximum Gasteiger partial charge on any atom is 0.224 e. The molecule has 0 spiro atoms. The lowest BCUT2D eigenvalue weighted by Gasteiger charge is -2.35. The van der Waals surface area contributed by atoms with Gasteiger partial charge in [-0.25, -0.2) is 9.37 Å². The van der Waals surface area contributed by atoms with Gasteiger partial charge in [-0.2, -0.15) is 10.2 Å². The summed E-state index contributed by atoms with van der Waals surface area (Å²) in [6.07, 6.45) is 11.3. The molecular formula is C30H33FN6O. The molecule has 5 rings (SSSR count). The number of H-pyrrole nitrogens is 1. The molecule has 1 aromatic heterocycles. The lowest BCUT2D eigenvalue weighted by atomic mass is 9.91. The van der Waals surface area contributed by atoms with E-state index in [0.717, 1.165) is 54.1 Å². The molecule has 8 heteroatoms. The second kappa shape index (κ2) is 10.8. The summed E-state index contributed by atoms with van der Waals surface area (Å²) in [6, 6.07) is 11.2. The molecule has 0 aliphatic carbocycles. The number of hydrogen-bond acceptors (Lipinski definition) is 5. The van der Waals surface area contributed by atoms with Crippen LogP contribution in [-0.4, -0.2) is 34.6 Å². The molecule has 3 aromatic rings. The second-order valence-electron chi connectivity index (χ2n) is 10.3. The predicted molar refractivity (Wildman–Crippen MR) is 148 cm³/mol. The van der Waals surface area contributed by atoms with Gasteiger partial charge in [0.05, 0.1) is 12.0 Å². The number of nitrogens with zero attached hydrogens (tertiary/aromatic N) is 4. The van der Waals surface area contributed by atoms with Gasteiger partial charge in [0.25, 0.3) is 0 Å². The Labute approximate surface area is 223 Å². The number of benzene rings is 2. The van der Waals surface area contributed by atoms with Crippen molar-refractivity contribution in [2.24, 2.45) is 10.2 Å². The number of nitrogens with one attached hydrogen (secondary N) is 2. The maximum absolute atomic E-state index is 14.0. The fraction of sp³-hybridized carbons (Fsp3) is 0.400. The minimum atomic E-state index is -0.476. The topological polar surface area (TPSA) is 85.7 Å². The molecule has 0 atom stereocenters.